The van der Waals surface area contributed by atoms with E-state index >= 15 is 0 Å². The summed E-state index contributed by atoms with van der Waals surface area (Å²) in [6.07, 6.45) is 6.44. The van der Waals surface area contributed by atoms with Crippen LogP contribution in [0.25, 0.3) is 10.2 Å². The molecule has 0 saturated carbocycles. The lowest BCUT2D eigenvalue weighted by Gasteiger charge is -2.18. The molecule has 0 radical (unpaired) electrons. The van der Waals surface area contributed by atoms with E-state index in [2.05, 4.69) is 6.92 Å². The Kier molecular flexibility index (Phi) is 6.21. The Morgan fingerprint density at radius 3 is 3.07 bits per heavy atom. The van der Waals surface area contributed by atoms with Gasteiger partial charge in [0, 0.05) is 31.0 Å². The molecule has 2 aliphatic rings. The van der Waals surface area contributed by atoms with Crippen LogP contribution in [-0.4, -0.2) is 41.7 Å². The van der Waals surface area contributed by atoms with Gasteiger partial charge in [-0.2, -0.15) is 0 Å². The molecule has 2 aromatic rings. The largest absolute Gasteiger partial charge is 0.385 e. The van der Waals surface area contributed by atoms with Crippen molar-refractivity contribution in [2.45, 2.75) is 63.3 Å². The first-order valence-electron chi connectivity index (χ1n) is 9.95. The number of hydrogen-bond donors (Lipinski definition) is 0. The van der Waals surface area contributed by atoms with Crippen LogP contribution in [-0.2, 0) is 28.9 Å². The molecule has 1 aliphatic carbocycles. The van der Waals surface area contributed by atoms with E-state index in [1.807, 2.05) is 4.57 Å². The lowest BCUT2D eigenvalue weighted by atomic mass is 9.89. The number of aryl methyl sites for hydroxylation is 1. The fourth-order valence-corrected chi connectivity index (χ4v) is 6.38. The summed E-state index contributed by atoms with van der Waals surface area (Å²) in [7, 11) is 1.72. The Balaban J connectivity index is 1.72. The number of thiophene rings is 1. The summed E-state index contributed by atoms with van der Waals surface area (Å²) in [6, 6.07) is 0. The van der Waals surface area contributed by atoms with Gasteiger partial charge in [-0.3, -0.25) is 9.36 Å². The van der Waals surface area contributed by atoms with Crippen molar-refractivity contribution >= 4 is 33.3 Å². The van der Waals surface area contributed by atoms with Crippen LogP contribution in [0, 0.1) is 5.92 Å². The van der Waals surface area contributed by atoms with Gasteiger partial charge in [-0.25, -0.2) is 4.98 Å². The first-order valence-corrected chi connectivity index (χ1v) is 11.8. The molecule has 148 valence electrons. The number of nitrogens with zero attached hydrogens (tertiary/aromatic N) is 2. The smallest absolute Gasteiger partial charge is 0.263 e. The number of fused-ring (bicyclic) bond motifs is 3. The maximum atomic E-state index is 13.5. The van der Waals surface area contributed by atoms with Crippen LogP contribution < -0.4 is 5.56 Å². The van der Waals surface area contributed by atoms with E-state index < -0.39 is 0 Å². The molecule has 7 heteroatoms. The van der Waals surface area contributed by atoms with E-state index in [4.69, 9.17) is 14.5 Å². The molecule has 2 atom stereocenters. The van der Waals surface area contributed by atoms with Gasteiger partial charge in [0.25, 0.3) is 5.56 Å². The molecule has 0 bridgehead atoms. The Morgan fingerprint density at radius 2 is 2.30 bits per heavy atom. The molecule has 3 heterocycles. The van der Waals surface area contributed by atoms with Crippen LogP contribution in [0.15, 0.2) is 9.95 Å². The molecular formula is C20H28N2O3S2. The van der Waals surface area contributed by atoms with Crippen molar-refractivity contribution in [2.24, 2.45) is 5.92 Å². The summed E-state index contributed by atoms with van der Waals surface area (Å²) in [5, 5.41) is 1.71. The summed E-state index contributed by atoms with van der Waals surface area (Å²) in [5.74, 6) is 1.60. The Morgan fingerprint density at radius 1 is 1.41 bits per heavy atom. The van der Waals surface area contributed by atoms with Crippen molar-refractivity contribution in [3.63, 3.8) is 0 Å². The molecule has 1 aliphatic heterocycles. The van der Waals surface area contributed by atoms with Gasteiger partial charge in [-0.15, -0.1) is 11.3 Å². The quantitative estimate of drug-likeness (QED) is 0.395. The van der Waals surface area contributed by atoms with Gasteiger partial charge in [0.15, 0.2) is 5.16 Å². The highest BCUT2D eigenvalue weighted by Gasteiger charge is 2.26. The molecule has 2 unspecified atom stereocenters. The zero-order valence-electron chi connectivity index (χ0n) is 16.2. The molecule has 2 aromatic heterocycles. The molecule has 5 nitrogen and oxygen atoms in total. The van der Waals surface area contributed by atoms with E-state index in [0.29, 0.717) is 12.5 Å². The van der Waals surface area contributed by atoms with Gasteiger partial charge in [-0.1, -0.05) is 18.7 Å². The third kappa shape index (κ3) is 4.11. The second-order valence-electron chi connectivity index (χ2n) is 7.67. The Labute approximate surface area is 168 Å². The fraction of sp³-hybridized carbons (Fsp3) is 0.700. The van der Waals surface area contributed by atoms with Gasteiger partial charge in [-0.05, 0) is 50.0 Å². The monoisotopic (exact) mass is 408 g/mol. The predicted molar refractivity (Wildman–Crippen MR) is 111 cm³/mol. The van der Waals surface area contributed by atoms with Gasteiger partial charge in [0.2, 0.25) is 0 Å². The first kappa shape index (κ1) is 19.4. The van der Waals surface area contributed by atoms with Crippen molar-refractivity contribution < 1.29 is 9.47 Å². The number of aromatic nitrogens is 2. The third-order valence-corrected chi connectivity index (χ3v) is 7.73. The lowest BCUT2D eigenvalue weighted by molar-refractivity contribution is 0.0937. The number of thioether (sulfide) groups is 1. The number of methoxy groups -OCH3 is 1. The standard InChI is InChI=1S/C20H28N2O3S2/c1-13-6-7-15-16(11-13)27-18-17(15)19(23)22(12-14-5-3-9-25-14)20(21-18)26-10-4-8-24-2/h13-14H,3-12H2,1-2H3. The summed E-state index contributed by atoms with van der Waals surface area (Å²) < 4.78 is 12.9. The second-order valence-corrected chi connectivity index (χ2v) is 9.82. The van der Waals surface area contributed by atoms with Crippen LogP contribution in [0.4, 0.5) is 0 Å². The molecular weight excluding hydrogens is 380 g/mol. The van der Waals surface area contributed by atoms with Crippen molar-refractivity contribution in [3.8, 4) is 0 Å². The molecule has 0 spiro atoms. The third-order valence-electron chi connectivity index (χ3n) is 5.51. The van der Waals surface area contributed by atoms with Crippen molar-refractivity contribution in [3.05, 3.63) is 20.8 Å². The number of ether oxygens (including phenoxy) is 2. The summed E-state index contributed by atoms with van der Waals surface area (Å²) in [6.45, 7) is 4.45. The topological polar surface area (TPSA) is 53.3 Å². The van der Waals surface area contributed by atoms with Crippen LogP contribution in [0.1, 0.15) is 43.0 Å². The average Bonchev–Trinajstić information content (AvgIpc) is 3.28. The zero-order chi connectivity index (χ0) is 18.8. The highest BCUT2D eigenvalue weighted by molar-refractivity contribution is 7.99. The molecule has 1 fully saturated rings. The minimum absolute atomic E-state index is 0.134. The SMILES string of the molecule is COCCCSc1nc2sc3c(c2c(=O)n1CC1CCCO1)CCC(C)C3. The highest BCUT2D eigenvalue weighted by Crippen LogP contribution is 2.36. The van der Waals surface area contributed by atoms with Crippen LogP contribution >= 0.6 is 23.1 Å². The first-order chi connectivity index (χ1) is 13.2. The van der Waals surface area contributed by atoms with Gasteiger partial charge in [0.1, 0.15) is 4.83 Å². The normalized spacial score (nSPS) is 22.4. The average molecular weight is 409 g/mol. The Bertz CT molecular complexity index is 855. The number of rotatable bonds is 7. The lowest BCUT2D eigenvalue weighted by Crippen LogP contribution is -2.29. The van der Waals surface area contributed by atoms with Crippen molar-refractivity contribution in [2.75, 3.05) is 26.1 Å². The van der Waals surface area contributed by atoms with Crippen molar-refractivity contribution in [1.82, 2.24) is 9.55 Å². The molecule has 1 saturated heterocycles. The molecule has 0 amide bonds. The summed E-state index contributed by atoms with van der Waals surface area (Å²) in [5.41, 5.74) is 1.40. The van der Waals surface area contributed by atoms with E-state index in [1.54, 1.807) is 30.2 Å². The minimum atomic E-state index is 0.134. The van der Waals surface area contributed by atoms with Gasteiger partial charge < -0.3 is 9.47 Å². The van der Waals surface area contributed by atoms with Crippen LogP contribution in [0.5, 0.6) is 0 Å². The molecule has 27 heavy (non-hydrogen) atoms. The number of hydrogen-bond acceptors (Lipinski definition) is 6. The van der Waals surface area contributed by atoms with E-state index in [-0.39, 0.29) is 11.7 Å². The maximum absolute atomic E-state index is 13.5. The van der Waals surface area contributed by atoms with E-state index in [9.17, 15) is 4.79 Å². The van der Waals surface area contributed by atoms with Crippen LogP contribution in [0.2, 0.25) is 0 Å². The van der Waals surface area contributed by atoms with Crippen LogP contribution in [0.3, 0.4) is 0 Å². The predicted octanol–water partition coefficient (Wildman–Crippen LogP) is 3.89. The van der Waals surface area contributed by atoms with Gasteiger partial charge >= 0.3 is 0 Å². The zero-order valence-corrected chi connectivity index (χ0v) is 17.8. The fourth-order valence-electron chi connectivity index (χ4n) is 4.03. The Hall–Kier alpha value is -0.890. The maximum Gasteiger partial charge on any atom is 0.263 e. The minimum Gasteiger partial charge on any atom is -0.385 e. The summed E-state index contributed by atoms with van der Waals surface area (Å²) in [4.78, 5) is 20.7. The van der Waals surface area contributed by atoms with E-state index in [0.717, 1.165) is 72.9 Å². The molecule has 4 rings (SSSR count). The summed E-state index contributed by atoms with van der Waals surface area (Å²) >= 11 is 3.40. The van der Waals surface area contributed by atoms with Gasteiger partial charge in [0.05, 0.1) is 18.0 Å². The molecule has 0 aromatic carbocycles. The highest BCUT2D eigenvalue weighted by atomic mass is 32.2. The second kappa shape index (κ2) is 8.64. The van der Waals surface area contributed by atoms with Crippen molar-refractivity contribution in [1.29, 1.82) is 0 Å². The van der Waals surface area contributed by atoms with E-state index in [1.165, 1.54) is 10.4 Å². The molecule has 0 N–H and O–H groups in total.